The molecular formula is C13H21NO3. The molecule has 0 aromatic heterocycles. The number of nitrogens with one attached hydrogen (secondary N) is 1. The lowest BCUT2D eigenvalue weighted by molar-refractivity contribution is 0.117. The standard InChI is InChI=1S/C13H21NO3/c1-10(15-2)8-14-9-11-6-5-7-12(16-3)13(11)17-4/h5-7,10,14H,8-9H2,1-4H3. The van der Waals surface area contributed by atoms with Crippen LogP contribution in [0.3, 0.4) is 0 Å². The van der Waals surface area contributed by atoms with Crippen LogP contribution in [0.25, 0.3) is 0 Å². The van der Waals surface area contributed by atoms with Gasteiger partial charge in [-0.15, -0.1) is 0 Å². The number of hydrogen-bond acceptors (Lipinski definition) is 4. The van der Waals surface area contributed by atoms with Gasteiger partial charge in [0.15, 0.2) is 11.5 Å². The summed E-state index contributed by atoms with van der Waals surface area (Å²) in [5.41, 5.74) is 1.08. The Hall–Kier alpha value is -1.26. The van der Waals surface area contributed by atoms with Crippen molar-refractivity contribution in [3.05, 3.63) is 23.8 Å². The lowest BCUT2D eigenvalue weighted by Gasteiger charge is -2.14. The summed E-state index contributed by atoms with van der Waals surface area (Å²) in [5.74, 6) is 1.54. The Morgan fingerprint density at radius 3 is 2.53 bits per heavy atom. The molecule has 1 N–H and O–H groups in total. The van der Waals surface area contributed by atoms with Crippen molar-refractivity contribution in [2.24, 2.45) is 0 Å². The highest BCUT2D eigenvalue weighted by molar-refractivity contribution is 5.46. The zero-order chi connectivity index (χ0) is 12.7. The first kappa shape index (κ1) is 13.8. The summed E-state index contributed by atoms with van der Waals surface area (Å²) in [6.07, 6.45) is 0.201. The maximum atomic E-state index is 5.35. The fraction of sp³-hybridized carbons (Fsp3) is 0.538. The molecule has 4 nitrogen and oxygen atoms in total. The van der Waals surface area contributed by atoms with Crippen LogP contribution in [-0.2, 0) is 11.3 Å². The van der Waals surface area contributed by atoms with E-state index in [1.165, 1.54) is 0 Å². The van der Waals surface area contributed by atoms with Crippen LogP contribution >= 0.6 is 0 Å². The van der Waals surface area contributed by atoms with Crippen molar-refractivity contribution in [2.75, 3.05) is 27.9 Å². The van der Waals surface area contributed by atoms with E-state index in [1.807, 2.05) is 25.1 Å². The molecule has 1 aromatic carbocycles. The van der Waals surface area contributed by atoms with E-state index in [1.54, 1.807) is 21.3 Å². The zero-order valence-corrected chi connectivity index (χ0v) is 10.9. The molecule has 1 atom stereocenters. The molecule has 0 fully saturated rings. The number of ether oxygens (including phenoxy) is 3. The van der Waals surface area contributed by atoms with Crippen molar-refractivity contribution in [1.82, 2.24) is 5.32 Å². The molecule has 0 aliphatic rings. The molecule has 0 spiro atoms. The number of rotatable bonds is 7. The van der Waals surface area contributed by atoms with Crippen LogP contribution in [0.2, 0.25) is 0 Å². The molecule has 96 valence electrons. The fourth-order valence-corrected chi connectivity index (χ4v) is 1.59. The molecule has 0 aliphatic carbocycles. The molecule has 0 saturated heterocycles. The second kappa shape index (κ2) is 7.14. The van der Waals surface area contributed by atoms with Crippen molar-refractivity contribution in [3.63, 3.8) is 0 Å². The van der Waals surface area contributed by atoms with E-state index in [0.717, 1.165) is 30.2 Å². The van der Waals surface area contributed by atoms with Gasteiger partial charge in [-0.1, -0.05) is 12.1 Å². The smallest absolute Gasteiger partial charge is 0.165 e. The maximum absolute atomic E-state index is 5.35. The summed E-state index contributed by atoms with van der Waals surface area (Å²) in [7, 11) is 5.00. The normalized spacial score (nSPS) is 12.2. The molecule has 0 heterocycles. The third kappa shape index (κ3) is 3.91. The zero-order valence-electron chi connectivity index (χ0n) is 10.9. The molecule has 17 heavy (non-hydrogen) atoms. The van der Waals surface area contributed by atoms with Gasteiger partial charge < -0.3 is 19.5 Å². The minimum Gasteiger partial charge on any atom is -0.493 e. The molecular weight excluding hydrogens is 218 g/mol. The minimum atomic E-state index is 0.201. The van der Waals surface area contributed by atoms with Crippen LogP contribution in [0.1, 0.15) is 12.5 Å². The van der Waals surface area contributed by atoms with Crippen molar-refractivity contribution in [1.29, 1.82) is 0 Å². The summed E-state index contributed by atoms with van der Waals surface area (Å²) >= 11 is 0. The summed E-state index contributed by atoms with van der Waals surface area (Å²) < 4.78 is 15.8. The number of para-hydroxylation sites is 1. The maximum Gasteiger partial charge on any atom is 0.165 e. The van der Waals surface area contributed by atoms with Crippen LogP contribution in [0, 0.1) is 0 Å². The Balaban J connectivity index is 2.64. The highest BCUT2D eigenvalue weighted by Gasteiger charge is 2.09. The van der Waals surface area contributed by atoms with Crippen molar-refractivity contribution >= 4 is 0 Å². The first-order valence-electron chi connectivity index (χ1n) is 5.66. The summed E-state index contributed by atoms with van der Waals surface area (Å²) in [5, 5.41) is 3.32. The van der Waals surface area contributed by atoms with E-state index in [-0.39, 0.29) is 6.10 Å². The SMILES string of the molecule is COc1cccc(CNCC(C)OC)c1OC. The van der Waals surface area contributed by atoms with Gasteiger partial charge in [-0.2, -0.15) is 0 Å². The molecule has 0 aliphatic heterocycles. The van der Waals surface area contributed by atoms with E-state index < -0.39 is 0 Å². The Labute approximate surface area is 103 Å². The molecule has 4 heteroatoms. The summed E-state index contributed by atoms with van der Waals surface area (Å²) in [6.45, 7) is 3.56. The van der Waals surface area contributed by atoms with Crippen LogP contribution in [0.5, 0.6) is 11.5 Å². The number of methoxy groups -OCH3 is 3. The number of benzene rings is 1. The highest BCUT2D eigenvalue weighted by atomic mass is 16.5. The van der Waals surface area contributed by atoms with Crippen LogP contribution < -0.4 is 14.8 Å². The second-order valence-corrected chi connectivity index (χ2v) is 3.83. The number of hydrogen-bond donors (Lipinski definition) is 1. The third-order valence-electron chi connectivity index (χ3n) is 2.63. The third-order valence-corrected chi connectivity index (χ3v) is 2.63. The van der Waals surface area contributed by atoms with Gasteiger partial charge in [0.2, 0.25) is 0 Å². The predicted molar refractivity (Wildman–Crippen MR) is 67.7 cm³/mol. The van der Waals surface area contributed by atoms with E-state index in [4.69, 9.17) is 14.2 Å². The first-order valence-corrected chi connectivity index (χ1v) is 5.66. The van der Waals surface area contributed by atoms with E-state index in [2.05, 4.69) is 5.32 Å². The van der Waals surface area contributed by atoms with E-state index in [0.29, 0.717) is 0 Å². The first-order chi connectivity index (χ1) is 8.22. The molecule has 0 bridgehead atoms. The quantitative estimate of drug-likeness (QED) is 0.788. The van der Waals surface area contributed by atoms with Crippen LogP contribution in [0.15, 0.2) is 18.2 Å². The largest absolute Gasteiger partial charge is 0.493 e. The Morgan fingerprint density at radius 1 is 1.18 bits per heavy atom. The van der Waals surface area contributed by atoms with Gasteiger partial charge in [0.25, 0.3) is 0 Å². The van der Waals surface area contributed by atoms with Gasteiger partial charge in [0.1, 0.15) is 0 Å². The van der Waals surface area contributed by atoms with Gasteiger partial charge in [0.05, 0.1) is 20.3 Å². The van der Waals surface area contributed by atoms with Gasteiger partial charge in [0, 0.05) is 25.8 Å². The molecule has 1 aromatic rings. The van der Waals surface area contributed by atoms with Gasteiger partial charge in [-0.25, -0.2) is 0 Å². The lowest BCUT2D eigenvalue weighted by atomic mass is 10.2. The highest BCUT2D eigenvalue weighted by Crippen LogP contribution is 2.30. The van der Waals surface area contributed by atoms with Crippen LogP contribution in [0.4, 0.5) is 0 Å². The summed E-state index contributed by atoms with van der Waals surface area (Å²) in [4.78, 5) is 0. The second-order valence-electron chi connectivity index (χ2n) is 3.83. The van der Waals surface area contributed by atoms with Crippen molar-refractivity contribution in [3.8, 4) is 11.5 Å². The van der Waals surface area contributed by atoms with Gasteiger partial charge in [-0.05, 0) is 13.0 Å². The average Bonchev–Trinajstić information content (AvgIpc) is 2.37. The Bertz CT molecular complexity index is 341. The van der Waals surface area contributed by atoms with Crippen LogP contribution in [-0.4, -0.2) is 34.0 Å². The minimum absolute atomic E-state index is 0.201. The topological polar surface area (TPSA) is 39.7 Å². The molecule has 1 rings (SSSR count). The van der Waals surface area contributed by atoms with E-state index in [9.17, 15) is 0 Å². The lowest BCUT2D eigenvalue weighted by Crippen LogP contribution is -2.25. The Morgan fingerprint density at radius 2 is 1.94 bits per heavy atom. The molecule has 0 saturated carbocycles. The molecule has 0 amide bonds. The molecule has 1 unspecified atom stereocenters. The van der Waals surface area contributed by atoms with Crippen molar-refractivity contribution < 1.29 is 14.2 Å². The molecule has 0 radical (unpaired) electrons. The summed E-state index contributed by atoms with van der Waals surface area (Å²) in [6, 6.07) is 5.87. The Kier molecular flexibility index (Phi) is 5.80. The van der Waals surface area contributed by atoms with Gasteiger partial charge >= 0.3 is 0 Å². The average molecular weight is 239 g/mol. The van der Waals surface area contributed by atoms with Crippen molar-refractivity contribution in [2.45, 2.75) is 19.6 Å². The fourth-order valence-electron chi connectivity index (χ4n) is 1.59. The van der Waals surface area contributed by atoms with Gasteiger partial charge in [-0.3, -0.25) is 0 Å². The monoisotopic (exact) mass is 239 g/mol. The predicted octanol–water partition coefficient (Wildman–Crippen LogP) is 1.83. The van der Waals surface area contributed by atoms with E-state index >= 15 is 0 Å².